The number of hydrazine groups is 1. The van der Waals surface area contributed by atoms with Crippen molar-refractivity contribution in [2.45, 2.75) is 38.3 Å². The zero-order valence-corrected chi connectivity index (χ0v) is 9.94. The first kappa shape index (κ1) is 11.6. The third-order valence-electron chi connectivity index (χ3n) is 3.20. The van der Waals surface area contributed by atoms with Crippen molar-refractivity contribution in [1.29, 1.82) is 0 Å². The number of nitrogens with one attached hydrogen (secondary N) is 1. The fourth-order valence-corrected chi connectivity index (χ4v) is 2.23. The highest BCUT2D eigenvalue weighted by molar-refractivity contribution is 5.41. The van der Waals surface area contributed by atoms with Crippen molar-refractivity contribution in [3.8, 4) is 0 Å². The number of hydrogen-bond donors (Lipinski definition) is 2. The van der Waals surface area contributed by atoms with Gasteiger partial charge in [-0.05, 0) is 31.4 Å². The number of ether oxygens (including phenoxy) is 1. The normalized spacial score (nSPS) is 20.4. The van der Waals surface area contributed by atoms with Crippen molar-refractivity contribution >= 4 is 0 Å². The minimum atomic E-state index is 0.220. The topological polar surface area (TPSA) is 47.3 Å². The number of benzene rings is 1. The first-order valence-corrected chi connectivity index (χ1v) is 5.88. The maximum Gasteiger partial charge on any atom is 0.0642 e. The van der Waals surface area contributed by atoms with Crippen molar-refractivity contribution in [1.82, 2.24) is 5.43 Å². The van der Waals surface area contributed by atoms with Gasteiger partial charge in [-0.1, -0.05) is 24.3 Å². The maximum atomic E-state index is 5.62. The van der Waals surface area contributed by atoms with Crippen LogP contribution in [0, 0.1) is 0 Å². The molecular formula is C13H20N2O. The predicted molar refractivity (Wildman–Crippen MR) is 65.1 cm³/mol. The summed E-state index contributed by atoms with van der Waals surface area (Å²) in [6.07, 6.45) is 1.36. The molecule has 0 amide bonds. The summed E-state index contributed by atoms with van der Waals surface area (Å²) in [5, 5.41) is 0. The van der Waals surface area contributed by atoms with Gasteiger partial charge in [-0.25, -0.2) is 0 Å². The number of rotatable bonds is 5. The Kier molecular flexibility index (Phi) is 3.59. The summed E-state index contributed by atoms with van der Waals surface area (Å²) in [6.45, 7) is 4.76. The van der Waals surface area contributed by atoms with Gasteiger partial charge in [0, 0.05) is 5.92 Å². The first-order chi connectivity index (χ1) is 7.72. The van der Waals surface area contributed by atoms with Crippen LogP contribution in [0.15, 0.2) is 24.3 Å². The highest BCUT2D eigenvalue weighted by Crippen LogP contribution is 2.37. The van der Waals surface area contributed by atoms with Gasteiger partial charge in [0.1, 0.15) is 0 Å². The van der Waals surface area contributed by atoms with Crippen LogP contribution >= 0.6 is 0 Å². The molecule has 0 spiro atoms. The summed E-state index contributed by atoms with van der Waals surface area (Å²) in [4.78, 5) is 0. The molecule has 0 bridgehead atoms. The molecule has 1 aromatic carbocycles. The van der Waals surface area contributed by atoms with Gasteiger partial charge >= 0.3 is 0 Å². The molecule has 1 aliphatic rings. The Balaban J connectivity index is 1.98. The molecule has 0 heterocycles. The van der Waals surface area contributed by atoms with Gasteiger partial charge in [-0.2, -0.15) is 0 Å². The Labute approximate surface area is 97.0 Å². The molecule has 0 radical (unpaired) electrons. The van der Waals surface area contributed by atoms with E-state index in [9.17, 15) is 0 Å². The molecule has 0 fully saturated rings. The Morgan fingerprint density at radius 1 is 1.44 bits per heavy atom. The molecule has 3 N–H and O–H groups in total. The van der Waals surface area contributed by atoms with Crippen LogP contribution in [-0.4, -0.2) is 18.8 Å². The third kappa shape index (κ3) is 2.26. The molecule has 1 aliphatic carbocycles. The van der Waals surface area contributed by atoms with Crippen molar-refractivity contribution in [3.63, 3.8) is 0 Å². The van der Waals surface area contributed by atoms with E-state index in [0.717, 1.165) is 6.42 Å². The fourth-order valence-electron chi connectivity index (χ4n) is 2.23. The Morgan fingerprint density at radius 3 is 2.81 bits per heavy atom. The molecule has 88 valence electrons. The van der Waals surface area contributed by atoms with Gasteiger partial charge in [0.05, 0.1) is 18.8 Å². The van der Waals surface area contributed by atoms with E-state index in [2.05, 4.69) is 29.7 Å². The lowest BCUT2D eigenvalue weighted by Crippen LogP contribution is -2.47. The number of nitrogens with two attached hydrogens (primary N) is 1. The molecule has 2 rings (SSSR count). The van der Waals surface area contributed by atoms with Crippen LogP contribution in [0.5, 0.6) is 0 Å². The second kappa shape index (κ2) is 4.95. The van der Waals surface area contributed by atoms with Crippen molar-refractivity contribution < 1.29 is 4.74 Å². The molecule has 2 unspecified atom stereocenters. The lowest BCUT2D eigenvalue weighted by atomic mass is 9.74. The van der Waals surface area contributed by atoms with Crippen molar-refractivity contribution in [3.05, 3.63) is 35.4 Å². The third-order valence-corrected chi connectivity index (χ3v) is 3.20. The van der Waals surface area contributed by atoms with E-state index in [0.29, 0.717) is 12.5 Å². The number of hydrogen-bond acceptors (Lipinski definition) is 3. The van der Waals surface area contributed by atoms with Gasteiger partial charge in [-0.3, -0.25) is 11.3 Å². The summed E-state index contributed by atoms with van der Waals surface area (Å²) in [5.41, 5.74) is 5.73. The van der Waals surface area contributed by atoms with Crippen LogP contribution in [0.25, 0.3) is 0 Å². The Bertz CT molecular complexity index is 352. The highest BCUT2D eigenvalue weighted by Gasteiger charge is 2.32. The van der Waals surface area contributed by atoms with E-state index >= 15 is 0 Å². The maximum absolute atomic E-state index is 5.62. The minimum Gasteiger partial charge on any atom is -0.377 e. The molecule has 0 aromatic heterocycles. The zero-order valence-electron chi connectivity index (χ0n) is 9.94. The predicted octanol–water partition coefficient (Wildman–Crippen LogP) is 1.58. The second-order valence-electron chi connectivity index (χ2n) is 4.66. The average Bonchev–Trinajstić information content (AvgIpc) is 2.24. The second-order valence-corrected chi connectivity index (χ2v) is 4.66. The molecule has 0 aliphatic heterocycles. The molecule has 0 saturated heterocycles. The van der Waals surface area contributed by atoms with Crippen molar-refractivity contribution in [2.75, 3.05) is 6.61 Å². The van der Waals surface area contributed by atoms with Crippen LogP contribution in [0.1, 0.15) is 30.9 Å². The van der Waals surface area contributed by atoms with Crippen LogP contribution < -0.4 is 11.3 Å². The fraction of sp³-hybridized carbons (Fsp3) is 0.538. The average molecular weight is 220 g/mol. The highest BCUT2D eigenvalue weighted by atomic mass is 16.5. The van der Waals surface area contributed by atoms with Crippen LogP contribution in [0.2, 0.25) is 0 Å². The van der Waals surface area contributed by atoms with E-state index in [1.165, 1.54) is 11.1 Å². The molecule has 2 atom stereocenters. The molecule has 0 saturated carbocycles. The molecular weight excluding hydrogens is 200 g/mol. The Hall–Kier alpha value is -0.900. The summed E-state index contributed by atoms with van der Waals surface area (Å²) in [7, 11) is 0. The van der Waals surface area contributed by atoms with E-state index in [-0.39, 0.29) is 12.1 Å². The first-order valence-electron chi connectivity index (χ1n) is 5.88. The Morgan fingerprint density at radius 2 is 2.19 bits per heavy atom. The quantitative estimate of drug-likeness (QED) is 0.585. The van der Waals surface area contributed by atoms with E-state index < -0.39 is 0 Å². The van der Waals surface area contributed by atoms with Crippen LogP contribution in [0.3, 0.4) is 0 Å². The summed E-state index contributed by atoms with van der Waals surface area (Å²) < 4.78 is 5.62. The monoisotopic (exact) mass is 220 g/mol. The zero-order chi connectivity index (χ0) is 11.5. The lowest BCUT2D eigenvalue weighted by Gasteiger charge is -2.36. The van der Waals surface area contributed by atoms with Gasteiger partial charge in [-0.15, -0.1) is 0 Å². The summed E-state index contributed by atoms with van der Waals surface area (Å²) in [6, 6.07) is 8.76. The largest absolute Gasteiger partial charge is 0.377 e. The smallest absolute Gasteiger partial charge is 0.0642 e. The number of fused-ring (bicyclic) bond motifs is 1. The molecule has 3 heteroatoms. The van der Waals surface area contributed by atoms with Gasteiger partial charge < -0.3 is 4.74 Å². The van der Waals surface area contributed by atoms with Gasteiger partial charge in [0.25, 0.3) is 0 Å². The van der Waals surface area contributed by atoms with E-state index in [1.54, 1.807) is 0 Å². The van der Waals surface area contributed by atoms with E-state index in [4.69, 9.17) is 10.6 Å². The standard InChI is InChI=1S/C13H20N2O/c1-9(2)16-8-13(15-14)12-7-10-5-3-4-6-11(10)12/h3-6,9,12-13,15H,7-8,14H2,1-2H3. The van der Waals surface area contributed by atoms with Crippen molar-refractivity contribution in [2.24, 2.45) is 5.84 Å². The minimum absolute atomic E-state index is 0.220. The molecule has 16 heavy (non-hydrogen) atoms. The van der Waals surface area contributed by atoms with Gasteiger partial charge in [0.2, 0.25) is 0 Å². The van der Waals surface area contributed by atoms with Gasteiger partial charge in [0.15, 0.2) is 0 Å². The SMILES string of the molecule is CC(C)OCC(NN)C1Cc2ccccc21. The van der Waals surface area contributed by atoms with Crippen LogP contribution in [0.4, 0.5) is 0 Å². The van der Waals surface area contributed by atoms with E-state index in [1.807, 2.05) is 13.8 Å². The molecule has 3 nitrogen and oxygen atoms in total. The lowest BCUT2D eigenvalue weighted by molar-refractivity contribution is 0.0537. The summed E-state index contributed by atoms with van der Waals surface area (Å²) in [5.74, 6) is 6.10. The molecule has 1 aromatic rings. The summed E-state index contributed by atoms with van der Waals surface area (Å²) >= 11 is 0. The van der Waals surface area contributed by atoms with Crippen LogP contribution in [-0.2, 0) is 11.2 Å².